The average Bonchev–Trinajstić information content (AvgIpc) is 2.31. The maximum atomic E-state index is 12.7. The van der Waals surface area contributed by atoms with Crippen LogP contribution in [0.3, 0.4) is 0 Å². The zero-order valence-corrected chi connectivity index (χ0v) is 10.9. The average molecular weight is 333 g/mol. The molecule has 0 aliphatic heterocycles. The molecule has 1 aromatic rings. The molecular formula is C11H9F6NO4. The van der Waals surface area contributed by atoms with Gasteiger partial charge in [-0.25, -0.2) is 0 Å². The standard InChI is InChI=1S/C11H9F6NO4/c1-2-21-7(19)3-5-8(20)6(22-11(15,16)17)4-18-9(5)10(12,13)14/h4H,2-3H2,1H3,(H,18,20). The van der Waals surface area contributed by atoms with E-state index in [1.54, 1.807) is 0 Å². The molecular weight excluding hydrogens is 324 g/mol. The molecule has 1 N–H and O–H groups in total. The van der Waals surface area contributed by atoms with Crippen LogP contribution < -0.4 is 10.2 Å². The smallest absolute Gasteiger partial charge is 0.466 e. The third kappa shape index (κ3) is 4.67. The van der Waals surface area contributed by atoms with Crippen LogP contribution in [0.25, 0.3) is 0 Å². The Morgan fingerprint density at radius 2 is 1.82 bits per heavy atom. The molecule has 0 radical (unpaired) electrons. The monoisotopic (exact) mass is 333 g/mol. The number of carbonyl (C=O) groups excluding carboxylic acids is 1. The van der Waals surface area contributed by atoms with E-state index in [-0.39, 0.29) is 12.8 Å². The van der Waals surface area contributed by atoms with Crippen LogP contribution in [0.2, 0.25) is 0 Å². The third-order valence-electron chi connectivity index (χ3n) is 2.28. The highest BCUT2D eigenvalue weighted by Gasteiger charge is 2.39. The Hall–Kier alpha value is -2.20. The van der Waals surface area contributed by atoms with Gasteiger partial charge in [-0.15, -0.1) is 13.2 Å². The lowest BCUT2D eigenvalue weighted by Crippen LogP contribution is -2.28. The van der Waals surface area contributed by atoms with E-state index in [9.17, 15) is 35.9 Å². The van der Waals surface area contributed by atoms with Crippen LogP contribution in [-0.2, 0) is 22.1 Å². The molecule has 0 saturated heterocycles. The molecule has 22 heavy (non-hydrogen) atoms. The van der Waals surface area contributed by atoms with Gasteiger partial charge in [0.05, 0.1) is 13.0 Å². The first-order valence-electron chi connectivity index (χ1n) is 5.68. The molecule has 0 unspecified atom stereocenters. The lowest BCUT2D eigenvalue weighted by Gasteiger charge is -2.14. The fraction of sp³-hybridized carbons (Fsp3) is 0.455. The molecule has 1 heterocycles. The number of esters is 1. The number of nitrogens with one attached hydrogen (secondary N) is 1. The maximum absolute atomic E-state index is 12.7. The Morgan fingerprint density at radius 1 is 1.23 bits per heavy atom. The molecule has 124 valence electrons. The van der Waals surface area contributed by atoms with Crippen LogP contribution in [0.5, 0.6) is 5.75 Å². The summed E-state index contributed by atoms with van der Waals surface area (Å²) in [6, 6.07) is 0. The van der Waals surface area contributed by atoms with Crippen molar-refractivity contribution in [3.05, 3.63) is 27.7 Å². The molecule has 0 fully saturated rings. The summed E-state index contributed by atoms with van der Waals surface area (Å²) in [6.07, 6.45) is -11.4. The largest absolute Gasteiger partial charge is 0.573 e. The molecule has 5 nitrogen and oxygen atoms in total. The fourth-order valence-corrected chi connectivity index (χ4v) is 1.53. The molecule has 0 bridgehead atoms. The number of aromatic nitrogens is 1. The van der Waals surface area contributed by atoms with Crippen LogP contribution in [-0.4, -0.2) is 23.9 Å². The van der Waals surface area contributed by atoms with Gasteiger partial charge < -0.3 is 14.5 Å². The van der Waals surface area contributed by atoms with Gasteiger partial charge in [0, 0.05) is 11.8 Å². The predicted molar refractivity (Wildman–Crippen MR) is 59.1 cm³/mol. The van der Waals surface area contributed by atoms with Crippen molar-refractivity contribution >= 4 is 5.97 Å². The number of rotatable bonds is 4. The molecule has 0 spiro atoms. The number of carbonyl (C=O) groups is 1. The number of pyridine rings is 1. The van der Waals surface area contributed by atoms with Crippen molar-refractivity contribution in [3.63, 3.8) is 0 Å². The van der Waals surface area contributed by atoms with Crippen molar-refractivity contribution in [1.82, 2.24) is 4.98 Å². The van der Waals surface area contributed by atoms with Gasteiger partial charge in [-0.3, -0.25) is 9.59 Å². The van der Waals surface area contributed by atoms with Crippen molar-refractivity contribution in [2.24, 2.45) is 0 Å². The second-order valence-corrected chi connectivity index (χ2v) is 3.86. The van der Waals surface area contributed by atoms with Crippen molar-refractivity contribution in [2.75, 3.05) is 6.61 Å². The van der Waals surface area contributed by atoms with E-state index in [0.29, 0.717) is 0 Å². The highest BCUT2D eigenvalue weighted by atomic mass is 19.4. The Bertz CT molecular complexity index is 604. The van der Waals surface area contributed by atoms with Gasteiger partial charge >= 0.3 is 18.5 Å². The third-order valence-corrected chi connectivity index (χ3v) is 2.28. The summed E-state index contributed by atoms with van der Waals surface area (Å²) in [5, 5.41) is 0. The maximum Gasteiger partial charge on any atom is 0.573 e. The minimum absolute atomic E-state index is 0.132. The van der Waals surface area contributed by atoms with Gasteiger partial charge in [0.1, 0.15) is 5.69 Å². The van der Waals surface area contributed by atoms with Gasteiger partial charge in [-0.05, 0) is 6.92 Å². The minimum Gasteiger partial charge on any atom is -0.466 e. The number of hydrogen-bond donors (Lipinski definition) is 1. The topological polar surface area (TPSA) is 68.4 Å². The highest BCUT2D eigenvalue weighted by Crippen LogP contribution is 2.31. The van der Waals surface area contributed by atoms with E-state index in [1.165, 1.54) is 11.9 Å². The highest BCUT2D eigenvalue weighted by molar-refractivity contribution is 5.73. The SMILES string of the molecule is CCOC(=O)Cc1c(C(F)(F)F)[nH]cc(OC(F)(F)F)c1=O. The molecule has 0 aliphatic rings. The van der Waals surface area contributed by atoms with Gasteiger partial charge in [-0.2, -0.15) is 13.2 Å². The van der Waals surface area contributed by atoms with Crippen molar-refractivity contribution in [1.29, 1.82) is 0 Å². The zero-order chi connectivity index (χ0) is 17.1. The van der Waals surface area contributed by atoms with Gasteiger partial charge in [0.15, 0.2) is 5.75 Å². The van der Waals surface area contributed by atoms with Gasteiger partial charge in [0.2, 0.25) is 5.43 Å². The molecule has 0 aromatic carbocycles. The van der Waals surface area contributed by atoms with E-state index in [2.05, 4.69) is 9.47 Å². The molecule has 0 atom stereocenters. The number of halogens is 6. The van der Waals surface area contributed by atoms with E-state index < -0.39 is 47.4 Å². The summed E-state index contributed by atoms with van der Waals surface area (Å²) in [4.78, 5) is 24.4. The Morgan fingerprint density at radius 3 is 2.27 bits per heavy atom. The molecule has 0 saturated carbocycles. The number of aromatic amines is 1. The van der Waals surface area contributed by atoms with E-state index in [4.69, 9.17) is 0 Å². The van der Waals surface area contributed by atoms with Crippen LogP contribution in [0, 0.1) is 0 Å². The molecule has 0 amide bonds. The van der Waals surface area contributed by atoms with E-state index in [0.717, 1.165) is 0 Å². The van der Waals surface area contributed by atoms with Crippen molar-refractivity contribution < 1.29 is 40.6 Å². The number of H-pyrrole nitrogens is 1. The Kier molecular flexibility index (Phi) is 5.09. The second-order valence-electron chi connectivity index (χ2n) is 3.86. The Balaban J connectivity index is 3.36. The van der Waals surface area contributed by atoms with Gasteiger partial charge in [-0.1, -0.05) is 0 Å². The quantitative estimate of drug-likeness (QED) is 0.679. The summed E-state index contributed by atoms with van der Waals surface area (Å²) in [5.74, 6) is -2.59. The lowest BCUT2D eigenvalue weighted by molar-refractivity contribution is -0.275. The molecule has 1 aromatic heterocycles. The van der Waals surface area contributed by atoms with Crippen LogP contribution in [0.4, 0.5) is 26.3 Å². The summed E-state index contributed by atoms with van der Waals surface area (Å²) >= 11 is 0. The normalized spacial score (nSPS) is 12.1. The number of ether oxygens (including phenoxy) is 2. The van der Waals surface area contributed by atoms with Crippen molar-refractivity contribution in [3.8, 4) is 5.75 Å². The first kappa shape index (κ1) is 17.9. The summed E-state index contributed by atoms with van der Waals surface area (Å²) < 4.78 is 82.2. The second kappa shape index (κ2) is 6.28. The van der Waals surface area contributed by atoms with Gasteiger partial charge in [0.25, 0.3) is 0 Å². The summed E-state index contributed by atoms with van der Waals surface area (Å²) in [7, 11) is 0. The molecule has 0 aliphatic carbocycles. The predicted octanol–water partition coefficient (Wildman–Crippen LogP) is 2.40. The van der Waals surface area contributed by atoms with E-state index in [1.807, 2.05) is 0 Å². The first-order valence-corrected chi connectivity index (χ1v) is 5.68. The minimum atomic E-state index is -5.27. The lowest BCUT2D eigenvalue weighted by atomic mass is 10.1. The zero-order valence-electron chi connectivity index (χ0n) is 10.9. The Labute approximate surface area is 118 Å². The van der Waals surface area contributed by atoms with Crippen LogP contribution in [0.15, 0.2) is 11.0 Å². The fourth-order valence-electron chi connectivity index (χ4n) is 1.53. The number of alkyl halides is 6. The molecule has 1 rings (SSSR count). The van der Waals surface area contributed by atoms with Crippen molar-refractivity contribution in [2.45, 2.75) is 25.9 Å². The van der Waals surface area contributed by atoms with Crippen LogP contribution in [0.1, 0.15) is 18.2 Å². The van der Waals surface area contributed by atoms with E-state index >= 15 is 0 Å². The summed E-state index contributed by atoms with van der Waals surface area (Å²) in [6.45, 7) is 1.20. The molecule has 11 heteroatoms. The summed E-state index contributed by atoms with van der Waals surface area (Å²) in [5.41, 5.74) is -4.55. The number of hydrogen-bond acceptors (Lipinski definition) is 4. The van der Waals surface area contributed by atoms with Crippen LogP contribution >= 0.6 is 0 Å². The first-order chi connectivity index (χ1) is 9.95.